The highest BCUT2D eigenvalue weighted by molar-refractivity contribution is 5.26. The van der Waals surface area contributed by atoms with Gasteiger partial charge in [-0.25, -0.2) is 9.97 Å². The molecular formula is C12H12N2O. The van der Waals surface area contributed by atoms with E-state index in [4.69, 9.17) is 4.74 Å². The Bertz CT molecular complexity index is 411. The molecule has 2 aromatic rings. The maximum absolute atomic E-state index is 5.52. The molecule has 1 aromatic heterocycles. The quantitative estimate of drug-likeness (QED) is 0.762. The zero-order valence-corrected chi connectivity index (χ0v) is 8.55. The van der Waals surface area contributed by atoms with Crippen LogP contribution in [0.5, 0.6) is 5.75 Å². The largest absolute Gasteiger partial charge is 0.486 e. The lowest BCUT2D eigenvalue weighted by Gasteiger charge is -2.04. The van der Waals surface area contributed by atoms with Crippen LogP contribution >= 0.6 is 0 Å². The molecule has 0 bridgehead atoms. The minimum absolute atomic E-state index is 0.407. The second kappa shape index (κ2) is 4.55. The zero-order valence-electron chi connectivity index (χ0n) is 8.55. The number of aryl methyl sites for hydroxylation is 1. The Kier molecular flexibility index (Phi) is 2.93. The molecule has 1 heterocycles. The van der Waals surface area contributed by atoms with E-state index in [-0.39, 0.29) is 0 Å². The molecule has 0 atom stereocenters. The maximum atomic E-state index is 5.52. The van der Waals surface area contributed by atoms with Gasteiger partial charge in [-0.15, -0.1) is 0 Å². The average Bonchev–Trinajstić information content (AvgIpc) is 2.30. The van der Waals surface area contributed by atoms with Crippen LogP contribution in [0.15, 0.2) is 42.7 Å². The number of ether oxygens (including phenoxy) is 1. The Morgan fingerprint density at radius 1 is 1.07 bits per heavy atom. The van der Waals surface area contributed by atoms with Gasteiger partial charge in [-0.2, -0.15) is 0 Å². The van der Waals surface area contributed by atoms with Gasteiger partial charge in [-0.1, -0.05) is 17.7 Å². The summed E-state index contributed by atoms with van der Waals surface area (Å²) < 4.78 is 5.52. The van der Waals surface area contributed by atoms with Crippen LogP contribution < -0.4 is 4.74 Å². The molecule has 3 nitrogen and oxygen atoms in total. The van der Waals surface area contributed by atoms with Gasteiger partial charge in [0.15, 0.2) is 5.82 Å². The third-order valence-corrected chi connectivity index (χ3v) is 2.01. The zero-order chi connectivity index (χ0) is 10.5. The van der Waals surface area contributed by atoms with E-state index in [0.717, 1.165) is 5.75 Å². The number of hydrogen-bond acceptors (Lipinski definition) is 3. The fourth-order valence-corrected chi connectivity index (χ4v) is 1.19. The van der Waals surface area contributed by atoms with E-state index < -0.39 is 0 Å². The summed E-state index contributed by atoms with van der Waals surface area (Å²) in [5.41, 5.74) is 1.22. The van der Waals surface area contributed by atoms with Crippen molar-refractivity contribution < 1.29 is 4.74 Å². The molecule has 0 radical (unpaired) electrons. The third-order valence-electron chi connectivity index (χ3n) is 2.01. The molecule has 0 aliphatic heterocycles. The van der Waals surface area contributed by atoms with Crippen molar-refractivity contribution in [3.8, 4) is 5.75 Å². The number of rotatable bonds is 3. The minimum atomic E-state index is 0.407. The van der Waals surface area contributed by atoms with Gasteiger partial charge in [-0.05, 0) is 25.1 Å². The molecule has 0 aliphatic carbocycles. The summed E-state index contributed by atoms with van der Waals surface area (Å²) in [6.07, 6.45) is 3.42. The maximum Gasteiger partial charge on any atom is 0.166 e. The van der Waals surface area contributed by atoms with Gasteiger partial charge < -0.3 is 4.74 Å². The molecule has 0 amide bonds. The fourth-order valence-electron chi connectivity index (χ4n) is 1.19. The molecular weight excluding hydrogens is 188 g/mol. The summed E-state index contributed by atoms with van der Waals surface area (Å²) in [5, 5.41) is 0. The minimum Gasteiger partial charge on any atom is -0.486 e. The first kappa shape index (κ1) is 9.65. The summed E-state index contributed by atoms with van der Waals surface area (Å²) in [6, 6.07) is 9.70. The number of nitrogens with zero attached hydrogens (tertiary/aromatic N) is 2. The lowest BCUT2D eigenvalue weighted by Crippen LogP contribution is -2.00. The van der Waals surface area contributed by atoms with Crippen molar-refractivity contribution in [2.24, 2.45) is 0 Å². The molecule has 0 N–H and O–H groups in total. The van der Waals surface area contributed by atoms with E-state index in [2.05, 4.69) is 9.97 Å². The van der Waals surface area contributed by atoms with E-state index in [1.807, 2.05) is 31.2 Å². The van der Waals surface area contributed by atoms with Crippen LogP contribution in [0.2, 0.25) is 0 Å². The van der Waals surface area contributed by atoms with Gasteiger partial charge in [0.25, 0.3) is 0 Å². The van der Waals surface area contributed by atoms with E-state index in [9.17, 15) is 0 Å². The van der Waals surface area contributed by atoms with Crippen molar-refractivity contribution in [2.45, 2.75) is 13.5 Å². The van der Waals surface area contributed by atoms with Crippen LogP contribution in [-0.4, -0.2) is 9.97 Å². The Morgan fingerprint density at radius 2 is 1.73 bits per heavy atom. The highest BCUT2D eigenvalue weighted by Gasteiger charge is 1.96. The topological polar surface area (TPSA) is 35.0 Å². The molecule has 76 valence electrons. The Balaban J connectivity index is 1.96. The third kappa shape index (κ3) is 2.77. The van der Waals surface area contributed by atoms with Crippen molar-refractivity contribution >= 4 is 0 Å². The van der Waals surface area contributed by atoms with Crippen molar-refractivity contribution in [3.63, 3.8) is 0 Å². The van der Waals surface area contributed by atoms with Crippen LogP contribution in [0.25, 0.3) is 0 Å². The van der Waals surface area contributed by atoms with Gasteiger partial charge >= 0.3 is 0 Å². The van der Waals surface area contributed by atoms with E-state index >= 15 is 0 Å². The highest BCUT2D eigenvalue weighted by Crippen LogP contribution is 2.12. The van der Waals surface area contributed by atoms with Gasteiger partial charge in [0, 0.05) is 12.4 Å². The molecule has 3 heteroatoms. The molecule has 0 saturated heterocycles. The molecule has 1 aromatic carbocycles. The first-order valence-corrected chi connectivity index (χ1v) is 4.80. The molecule has 15 heavy (non-hydrogen) atoms. The molecule has 2 rings (SSSR count). The first-order chi connectivity index (χ1) is 7.34. The lowest BCUT2D eigenvalue weighted by atomic mass is 10.2. The number of benzene rings is 1. The summed E-state index contributed by atoms with van der Waals surface area (Å²) >= 11 is 0. The monoisotopic (exact) mass is 200 g/mol. The SMILES string of the molecule is Cc1ccc(OCc2ncccn2)cc1. The van der Waals surface area contributed by atoms with Crippen LogP contribution in [0.1, 0.15) is 11.4 Å². The molecule has 0 spiro atoms. The summed E-state index contributed by atoms with van der Waals surface area (Å²) in [6.45, 7) is 2.45. The predicted octanol–water partition coefficient (Wildman–Crippen LogP) is 2.36. The van der Waals surface area contributed by atoms with Crippen molar-refractivity contribution in [3.05, 3.63) is 54.1 Å². The van der Waals surface area contributed by atoms with Crippen LogP contribution in [0, 0.1) is 6.92 Å². The van der Waals surface area contributed by atoms with Gasteiger partial charge in [0.2, 0.25) is 0 Å². The molecule has 0 saturated carbocycles. The van der Waals surface area contributed by atoms with Crippen molar-refractivity contribution in [1.29, 1.82) is 0 Å². The lowest BCUT2D eigenvalue weighted by molar-refractivity contribution is 0.295. The summed E-state index contributed by atoms with van der Waals surface area (Å²) in [7, 11) is 0. The summed E-state index contributed by atoms with van der Waals surface area (Å²) in [4.78, 5) is 8.15. The van der Waals surface area contributed by atoms with Crippen molar-refractivity contribution in [1.82, 2.24) is 9.97 Å². The number of hydrogen-bond donors (Lipinski definition) is 0. The van der Waals surface area contributed by atoms with E-state index in [1.54, 1.807) is 18.5 Å². The smallest absolute Gasteiger partial charge is 0.166 e. The van der Waals surface area contributed by atoms with Crippen LogP contribution in [0.3, 0.4) is 0 Å². The normalized spacial score (nSPS) is 9.93. The van der Waals surface area contributed by atoms with Crippen LogP contribution in [0.4, 0.5) is 0 Å². The van der Waals surface area contributed by atoms with Gasteiger partial charge in [-0.3, -0.25) is 0 Å². The Labute approximate surface area is 88.8 Å². The van der Waals surface area contributed by atoms with Gasteiger partial charge in [0.1, 0.15) is 12.4 Å². The standard InChI is InChI=1S/C12H12N2O/c1-10-3-5-11(6-4-10)15-9-12-13-7-2-8-14-12/h2-8H,9H2,1H3. The second-order valence-electron chi connectivity index (χ2n) is 3.27. The van der Waals surface area contributed by atoms with Gasteiger partial charge in [0.05, 0.1) is 0 Å². The fraction of sp³-hybridized carbons (Fsp3) is 0.167. The summed E-state index contributed by atoms with van der Waals surface area (Å²) in [5.74, 6) is 1.53. The Hall–Kier alpha value is -1.90. The van der Waals surface area contributed by atoms with Crippen molar-refractivity contribution in [2.75, 3.05) is 0 Å². The molecule has 0 aliphatic rings. The Morgan fingerprint density at radius 3 is 2.40 bits per heavy atom. The molecule has 0 unspecified atom stereocenters. The second-order valence-corrected chi connectivity index (χ2v) is 3.27. The van der Waals surface area contributed by atoms with E-state index in [1.165, 1.54) is 5.56 Å². The predicted molar refractivity (Wildman–Crippen MR) is 57.5 cm³/mol. The number of aromatic nitrogens is 2. The van der Waals surface area contributed by atoms with E-state index in [0.29, 0.717) is 12.4 Å². The van der Waals surface area contributed by atoms with Crippen LogP contribution in [-0.2, 0) is 6.61 Å². The average molecular weight is 200 g/mol. The first-order valence-electron chi connectivity index (χ1n) is 4.80. The highest BCUT2D eigenvalue weighted by atomic mass is 16.5. The molecule has 0 fully saturated rings.